The predicted molar refractivity (Wildman–Crippen MR) is 128 cm³/mol. The summed E-state index contributed by atoms with van der Waals surface area (Å²) < 4.78 is 6.26. The van der Waals surface area contributed by atoms with E-state index < -0.39 is 0 Å². The number of benzene rings is 1. The maximum Gasteiger partial charge on any atom is 0.321 e. The molecule has 0 saturated carbocycles. The van der Waals surface area contributed by atoms with Crippen molar-refractivity contribution in [2.45, 2.75) is 37.5 Å². The lowest BCUT2D eigenvalue weighted by atomic mass is 9.97. The smallest absolute Gasteiger partial charge is 0.321 e. The molecular weight excluding hydrogens is 444 g/mol. The van der Waals surface area contributed by atoms with Crippen LogP contribution >= 0.6 is 23.1 Å². The van der Waals surface area contributed by atoms with Gasteiger partial charge in [0.05, 0.1) is 10.2 Å². The van der Waals surface area contributed by atoms with Crippen molar-refractivity contribution in [1.29, 1.82) is 0 Å². The topological polar surface area (TPSA) is 106 Å². The van der Waals surface area contributed by atoms with Gasteiger partial charge >= 0.3 is 6.03 Å². The van der Waals surface area contributed by atoms with Crippen molar-refractivity contribution < 1.29 is 9.32 Å². The van der Waals surface area contributed by atoms with Crippen LogP contribution in [0.15, 0.2) is 46.1 Å². The van der Waals surface area contributed by atoms with Crippen LogP contribution in [0.3, 0.4) is 0 Å². The van der Waals surface area contributed by atoms with Crippen LogP contribution < -0.4 is 10.6 Å². The number of thiazole rings is 1. The maximum atomic E-state index is 12.3. The molecule has 8 nitrogen and oxygen atoms in total. The summed E-state index contributed by atoms with van der Waals surface area (Å²) in [5.74, 6) is 1.16. The molecule has 0 aliphatic carbocycles. The highest BCUT2D eigenvalue weighted by Gasteiger charge is 2.21. The molecule has 4 aromatic rings. The van der Waals surface area contributed by atoms with Gasteiger partial charge in [-0.25, -0.2) is 9.78 Å². The van der Waals surface area contributed by atoms with Gasteiger partial charge in [-0.2, -0.15) is 4.98 Å². The summed E-state index contributed by atoms with van der Waals surface area (Å²) in [6.45, 7) is 6.42. The number of pyridine rings is 1. The Bertz CT molecular complexity index is 1240. The number of nitrogens with one attached hydrogen (secondary N) is 2. The lowest BCUT2D eigenvalue weighted by Crippen LogP contribution is -2.30. The van der Waals surface area contributed by atoms with Gasteiger partial charge in [-0.15, -0.1) is 11.8 Å². The summed E-state index contributed by atoms with van der Waals surface area (Å²) in [5.41, 5.74) is 2.76. The van der Waals surface area contributed by atoms with Crippen LogP contribution in [0.4, 0.5) is 9.93 Å². The third-order valence-electron chi connectivity index (χ3n) is 4.63. The first-order valence-corrected chi connectivity index (χ1v) is 12.1. The Hall–Kier alpha value is -2.98. The van der Waals surface area contributed by atoms with Gasteiger partial charge in [0, 0.05) is 41.2 Å². The molecule has 0 saturated heterocycles. The number of rotatable bonds is 6. The zero-order chi connectivity index (χ0) is 22.7. The Kier molecular flexibility index (Phi) is 6.43. The second-order valence-electron chi connectivity index (χ2n) is 8.21. The molecule has 0 aliphatic heterocycles. The summed E-state index contributed by atoms with van der Waals surface area (Å²) in [5, 5.41) is 10.1. The minimum Gasteiger partial charge on any atom is -0.339 e. The van der Waals surface area contributed by atoms with E-state index in [2.05, 4.69) is 42.9 Å². The molecule has 0 bridgehead atoms. The summed E-state index contributed by atoms with van der Waals surface area (Å²) in [6, 6.07) is 7.84. The first-order chi connectivity index (χ1) is 15.3. The average molecular weight is 469 g/mol. The largest absolute Gasteiger partial charge is 0.339 e. The molecule has 0 radical (unpaired) electrons. The molecule has 0 fully saturated rings. The van der Waals surface area contributed by atoms with Crippen LogP contribution in [0.5, 0.6) is 0 Å². The van der Waals surface area contributed by atoms with E-state index in [-0.39, 0.29) is 11.4 Å². The molecular formula is C22H24N6O2S2. The van der Waals surface area contributed by atoms with Crippen molar-refractivity contribution in [2.75, 3.05) is 18.1 Å². The number of amides is 2. The second kappa shape index (κ2) is 9.25. The normalized spacial score (nSPS) is 11.6. The third-order valence-corrected chi connectivity index (χ3v) is 6.26. The molecule has 2 N–H and O–H groups in total. The first-order valence-electron chi connectivity index (χ1n) is 10.1. The fourth-order valence-electron chi connectivity index (χ4n) is 2.94. The van der Waals surface area contributed by atoms with Crippen molar-refractivity contribution in [3.63, 3.8) is 0 Å². The van der Waals surface area contributed by atoms with E-state index in [9.17, 15) is 4.79 Å². The number of carbonyl (C=O) groups is 1. The number of fused-ring (bicyclic) bond motifs is 1. The van der Waals surface area contributed by atoms with Crippen molar-refractivity contribution in [3.8, 4) is 11.1 Å². The van der Waals surface area contributed by atoms with E-state index >= 15 is 0 Å². The van der Waals surface area contributed by atoms with E-state index in [1.165, 1.54) is 11.3 Å². The number of carbonyl (C=O) groups excluding carboxylic acids is 1. The Labute approximate surface area is 194 Å². The van der Waals surface area contributed by atoms with Crippen LogP contribution in [0.2, 0.25) is 0 Å². The fourth-order valence-corrected chi connectivity index (χ4v) is 4.25. The van der Waals surface area contributed by atoms with Gasteiger partial charge in [0.2, 0.25) is 5.89 Å². The van der Waals surface area contributed by atoms with Crippen molar-refractivity contribution in [1.82, 2.24) is 25.4 Å². The van der Waals surface area contributed by atoms with Gasteiger partial charge in [-0.05, 0) is 30.0 Å². The van der Waals surface area contributed by atoms with Crippen LogP contribution in [0, 0.1) is 0 Å². The molecule has 0 spiro atoms. The van der Waals surface area contributed by atoms with Crippen molar-refractivity contribution in [2.24, 2.45) is 0 Å². The molecule has 4 rings (SSSR count). The molecule has 0 atom stereocenters. The van der Waals surface area contributed by atoms with Crippen molar-refractivity contribution in [3.05, 3.63) is 48.4 Å². The third kappa shape index (κ3) is 5.25. The number of thioether (sulfide) groups is 1. The fraction of sp³-hybridized carbons (Fsp3) is 0.318. The van der Waals surface area contributed by atoms with E-state index in [0.717, 1.165) is 26.2 Å². The molecule has 1 aromatic carbocycles. The van der Waals surface area contributed by atoms with Gasteiger partial charge in [-0.1, -0.05) is 43.3 Å². The molecule has 10 heteroatoms. The summed E-state index contributed by atoms with van der Waals surface area (Å²) in [6.07, 6.45) is 6.21. The zero-order valence-electron chi connectivity index (χ0n) is 18.3. The van der Waals surface area contributed by atoms with E-state index in [4.69, 9.17) is 4.52 Å². The summed E-state index contributed by atoms with van der Waals surface area (Å²) in [4.78, 5) is 26.6. The molecule has 0 unspecified atom stereocenters. The Morgan fingerprint density at radius 3 is 2.75 bits per heavy atom. The number of hydrogen-bond acceptors (Lipinski definition) is 8. The highest BCUT2D eigenvalue weighted by molar-refractivity contribution is 7.98. The van der Waals surface area contributed by atoms with E-state index in [1.54, 1.807) is 11.8 Å². The summed E-state index contributed by atoms with van der Waals surface area (Å²) >= 11 is 3.09. The maximum absolute atomic E-state index is 12.3. The number of hydrogen-bond donors (Lipinski definition) is 2. The van der Waals surface area contributed by atoms with E-state index in [0.29, 0.717) is 29.8 Å². The quantitative estimate of drug-likeness (QED) is 0.378. The lowest BCUT2D eigenvalue weighted by Gasteiger charge is -2.10. The highest BCUT2D eigenvalue weighted by Crippen LogP contribution is 2.31. The van der Waals surface area contributed by atoms with Gasteiger partial charge < -0.3 is 9.84 Å². The minimum atomic E-state index is -0.319. The molecule has 32 heavy (non-hydrogen) atoms. The number of aromatic nitrogens is 4. The highest BCUT2D eigenvalue weighted by atomic mass is 32.2. The number of urea groups is 1. The number of nitrogens with zero attached hydrogens (tertiary/aromatic N) is 4. The molecule has 2 amide bonds. The minimum absolute atomic E-state index is 0.197. The van der Waals surface area contributed by atoms with Gasteiger partial charge in [0.25, 0.3) is 0 Å². The van der Waals surface area contributed by atoms with Crippen LogP contribution in [0.1, 0.15) is 32.5 Å². The predicted octanol–water partition coefficient (Wildman–Crippen LogP) is 5.12. The zero-order valence-corrected chi connectivity index (χ0v) is 19.9. The first kappa shape index (κ1) is 22.2. The standard InChI is InChI=1S/C22H24N6O2S2/c1-22(2,3)19-26-18(28-30-19)7-8-24-20(29)27-21-25-16-6-5-13(10-17(16)32-21)14-9-15(31-4)12-23-11-14/h5-6,9-12H,7-8H2,1-4H3,(H2,24,25,27,29). The summed E-state index contributed by atoms with van der Waals surface area (Å²) in [7, 11) is 0. The molecule has 3 aromatic heterocycles. The lowest BCUT2D eigenvalue weighted by molar-refractivity contribution is 0.252. The molecule has 3 heterocycles. The van der Waals surface area contributed by atoms with Gasteiger partial charge in [0.1, 0.15) is 0 Å². The molecule has 166 valence electrons. The molecule has 0 aliphatic rings. The second-order valence-corrected chi connectivity index (χ2v) is 10.1. The Morgan fingerprint density at radius 2 is 2.00 bits per heavy atom. The van der Waals surface area contributed by atoms with Crippen LogP contribution in [-0.4, -0.2) is 38.9 Å². The van der Waals surface area contributed by atoms with Gasteiger partial charge in [-0.3, -0.25) is 10.3 Å². The van der Waals surface area contributed by atoms with Gasteiger partial charge in [0.15, 0.2) is 11.0 Å². The van der Waals surface area contributed by atoms with Crippen LogP contribution in [0.25, 0.3) is 21.3 Å². The Balaban J connectivity index is 1.36. The van der Waals surface area contributed by atoms with E-state index in [1.807, 2.05) is 51.6 Å². The average Bonchev–Trinajstić information content (AvgIpc) is 3.39. The number of anilines is 1. The SMILES string of the molecule is CSc1cncc(-c2ccc3nc(NC(=O)NCCc4noc(C(C)(C)C)n4)sc3c2)c1. The monoisotopic (exact) mass is 468 g/mol. The Morgan fingerprint density at radius 1 is 1.16 bits per heavy atom. The van der Waals surface area contributed by atoms with Crippen LogP contribution in [-0.2, 0) is 11.8 Å². The van der Waals surface area contributed by atoms with Crippen molar-refractivity contribution >= 4 is 44.5 Å².